The van der Waals surface area contributed by atoms with Gasteiger partial charge in [0.1, 0.15) is 0 Å². The minimum atomic E-state index is 0.647. The van der Waals surface area contributed by atoms with E-state index in [9.17, 15) is 0 Å². The molecule has 4 heteroatoms. The average Bonchev–Trinajstić information content (AvgIpc) is 2.73. The molecule has 17 heavy (non-hydrogen) atoms. The van der Waals surface area contributed by atoms with E-state index < -0.39 is 0 Å². The largest absolute Gasteiger partial charge is 0.441 e. The van der Waals surface area contributed by atoms with Crippen LogP contribution in [-0.4, -0.2) is 11.5 Å². The molecule has 1 heterocycles. The van der Waals surface area contributed by atoms with Crippen LogP contribution < -0.4 is 5.73 Å². The molecule has 3 nitrogen and oxygen atoms in total. The number of aryl methyl sites for hydroxylation is 2. The van der Waals surface area contributed by atoms with Crippen LogP contribution in [0.15, 0.2) is 28.8 Å². The summed E-state index contributed by atoms with van der Waals surface area (Å²) in [4.78, 5) is 4.22. The summed E-state index contributed by atoms with van der Waals surface area (Å²) in [5.74, 6) is 1.48. The SMILES string of the molecule is Cc1cc(Cl)cc(-c2cnc(CCCN)o2)c1. The van der Waals surface area contributed by atoms with Crippen LogP contribution in [0.1, 0.15) is 17.9 Å². The molecular formula is C13H15ClN2O. The standard InChI is InChI=1S/C13H15ClN2O/c1-9-5-10(7-11(14)6-9)12-8-16-13(17-12)3-2-4-15/h5-8H,2-4,15H2,1H3. The summed E-state index contributed by atoms with van der Waals surface area (Å²) in [5.41, 5.74) is 7.51. The quantitative estimate of drug-likeness (QED) is 0.907. The summed E-state index contributed by atoms with van der Waals surface area (Å²) in [6.07, 6.45) is 3.39. The van der Waals surface area contributed by atoms with Crippen molar-refractivity contribution in [1.82, 2.24) is 4.98 Å². The van der Waals surface area contributed by atoms with E-state index in [-0.39, 0.29) is 0 Å². The molecule has 1 aromatic heterocycles. The van der Waals surface area contributed by atoms with Crippen LogP contribution in [0, 0.1) is 6.92 Å². The van der Waals surface area contributed by atoms with Crippen molar-refractivity contribution in [2.24, 2.45) is 5.73 Å². The van der Waals surface area contributed by atoms with Crippen LogP contribution in [0.25, 0.3) is 11.3 Å². The fraction of sp³-hybridized carbons (Fsp3) is 0.308. The molecule has 0 amide bonds. The first-order valence-electron chi connectivity index (χ1n) is 5.61. The molecule has 2 N–H and O–H groups in total. The number of nitrogens with two attached hydrogens (primary N) is 1. The number of halogens is 1. The van der Waals surface area contributed by atoms with E-state index in [0.29, 0.717) is 11.6 Å². The third kappa shape index (κ3) is 3.08. The normalized spacial score (nSPS) is 10.8. The summed E-state index contributed by atoms with van der Waals surface area (Å²) >= 11 is 6.01. The lowest BCUT2D eigenvalue weighted by Gasteiger charge is -2.00. The van der Waals surface area contributed by atoms with Crippen LogP contribution in [0.3, 0.4) is 0 Å². The number of oxazole rings is 1. The van der Waals surface area contributed by atoms with Gasteiger partial charge in [-0.3, -0.25) is 0 Å². The van der Waals surface area contributed by atoms with Crippen LogP contribution in [0.4, 0.5) is 0 Å². The number of rotatable bonds is 4. The highest BCUT2D eigenvalue weighted by molar-refractivity contribution is 6.30. The van der Waals surface area contributed by atoms with Crippen molar-refractivity contribution in [2.75, 3.05) is 6.54 Å². The van der Waals surface area contributed by atoms with Gasteiger partial charge in [0, 0.05) is 17.0 Å². The van der Waals surface area contributed by atoms with Crippen molar-refractivity contribution >= 4 is 11.6 Å². The fourth-order valence-electron chi connectivity index (χ4n) is 1.69. The lowest BCUT2D eigenvalue weighted by molar-refractivity contribution is 0.499. The number of aromatic nitrogens is 1. The zero-order chi connectivity index (χ0) is 12.3. The Bertz CT molecular complexity index is 488. The van der Waals surface area contributed by atoms with E-state index in [1.54, 1.807) is 6.20 Å². The molecule has 0 saturated carbocycles. The number of hydrogen-bond donors (Lipinski definition) is 1. The van der Waals surface area contributed by atoms with E-state index in [4.69, 9.17) is 21.8 Å². The Morgan fingerprint density at radius 3 is 2.88 bits per heavy atom. The van der Waals surface area contributed by atoms with Crippen LogP contribution >= 0.6 is 11.6 Å². The molecule has 2 rings (SSSR count). The van der Waals surface area contributed by atoms with Crippen molar-refractivity contribution in [3.63, 3.8) is 0 Å². The number of hydrogen-bond acceptors (Lipinski definition) is 3. The molecule has 0 aliphatic heterocycles. The van der Waals surface area contributed by atoms with Gasteiger partial charge in [-0.05, 0) is 43.7 Å². The smallest absolute Gasteiger partial charge is 0.194 e. The molecular weight excluding hydrogens is 236 g/mol. The van der Waals surface area contributed by atoms with Gasteiger partial charge in [-0.1, -0.05) is 11.6 Å². The Hall–Kier alpha value is -1.32. The molecule has 0 spiro atoms. The van der Waals surface area contributed by atoms with E-state index >= 15 is 0 Å². The van der Waals surface area contributed by atoms with E-state index in [1.807, 2.05) is 25.1 Å². The highest BCUT2D eigenvalue weighted by Crippen LogP contribution is 2.25. The summed E-state index contributed by atoms with van der Waals surface area (Å²) in [7, 11) is 0. The Balaban J connectivity index is 2.24. The topological polar surface area (TPSA) is 52.0 Å². The summed E-state index contributed by atoms with van der Waals surface area (Å²) < 4.78 is 5.66. The zero-order valence-electron chi connectivity index (χ0n) is 9.74. The molecule has 0 atom stereocenters. The van der Waals surface area contributed by atoms with Crippen molar-refractivity contribution in [1.29, 1.82) is 0 Å². The molecule has 0 radical (unpaired) electrons. The Morgan fingerprint density at radius 1 is 1.35 bits per heavy atom. The molecule has 0 unspecified atom stereocenters. The molecule has 0 saturated heterocycles. The van der Waals surface area contributed by atoms with Gasteiger partial charge < -0.3 is 10.2 Å². The second-order valence-electron chi connectivity index (χ2n) is 4.03. The zero-order valence-corrected chi connectivity index (χ0v) is 10.5. The Morgan fingerprint density at radius 2 is 2.18 bits per heavy atom. The highest BCUT2D eigenvalue weighted by Gasteiger charge is 2.07. The molecule has 2 aromatic rings. The molecule has 0 aliphatic carbocycles. The van der Waals surface area contributed by atoms with Crippen molar-refractivity contribution in [3.8, 4) is 11.3 Å². The van der Waals surface area contributed by atoms with Crippen LogP contribution in [-0.2, 0) is 6.42 Å². The number of benzene rings is 1. The van der Waals surface area contributed by atoms with Gasteiger partial charge >= 0.3 is 0 Å². The monoisotopic (exact) mass is 250 g/mol. The van der Waals surface area contributed by atoms with Crippen LogP contribution in [0.2, 0.25) is 5.02 Å². The van der Waals surface area contributed by atoms with Crippen molar-refractivity contribution in [2.45, 2.75) is 19.8 Å². The van der Waals surface area contributed by atoms with E-state index in [1.165, 1.54) is 0 Å². The van der Waals surface area contributed by atoms with Gasteiger partial charge in [0.25, 0.3) is 0 Å². The van der Waals surface area contributed by atoms with Crippen LogP contribution in [0.5, 0.6) is 0 Å². The average molecular weight is 251 g/mol. The third-order valence-corrected chi connectivity index (χ3v) is 2.69. The van der Waals surface area contributed by atoms with E-state index in [2.05, 4.69) is 4.98 Å². The Kier molecular flexibility index (Phi) is 3.82. The van der Waals surface area contributed by atoms with Gasteiger partial charge in [-0.15, -0.1) is 0 Å². The Labute approximate surface area is 106 Å². The third-order valence-electron chi connectivity index (χ3n) is 2.47. The predicted octanol–water partition coefficient (Wildman–Crippen LogP) is 3.19. The maximum atomic E-state index is 6.01. The minimum Gasteiger partial charge on any atom is -0.441 e. The maximum absolute atomic E-state index is 6.01. The molecule has 90 valence electrons. The van der Waals surface area contributed by atoms with Crippen molar-refractivity contribution < 1.29 is 4.42 Å². The van der Waals surface area contributed by atoms with Gasteiger partial charge in [-0.2, -0.15) is 0 Å². The lowest BCUT2D eigenvalue weighted by atomic mass is 10.1. The first-order chi connectivity index (χ1) is 8.19. The minimum absolute atomic E-state index is 0.647. The van der Waals surface area contributed by atoms with Gasteiger partial charge in [0.05, 0.1) is 6.20 Å². The predicted molar refractivity (Wildman–Crippen MR) is 69.1 cm³/mol. The van der Waals surface area contributed by atoms with Crippen molar-refractivity contribution in [3.05, 3.63) is 40.9 Å². The summed E-state index contributed by atoms with van der Waals surface area (Å²) in [5, 5.41) is 0.708. The van der Waals surface area contributed by atoms with E-state index in [0.717, 1.165) is 35.6 Å². The van der Waals surface area contributed by atoms with Gasteiger partial charge in [0.2, 0.25) is 0 Å². The summed E-state index contributed by atoms with van der Waals surface area (Å²) in [6.45, 7) is 2.65. The highest BCUT2D eigenvalue weighted by atomic mass is 35.5. The number of nitrogens with zero attached hydrogens (tertiary/aromatic N) is 1. The molecule has 0 aliphatic rings. The maximum Gasteiger partial charge on any atom is 0.194 e. The van der Waals surface area contributed by atoms with Gasteiger partial charge in [0.15, 0.2) is 11.7 Å². The first kappa shape index (κ1) is 12.1. The summed E-state index contributed by atoms with van der Waals surface area (Å²) in [6, 6.07) is 5.82. The second-order valence-corrected chi connectivity index (χ2v) is 4.46. The molecule has 0 bridgehead atoms. The molecule has 0 fully saturated rings. The van der Waals surface area contributed by atoms with Gasteiger partial charge in [-0.25, -0.2) is 4.98 Å². The lowest BCUT2D eigenvalue weighted by Crippen LogP contribution is -2.00. The molecule has 1 aromatic carbocycles. The second kappa shape index (κ2) is 5.34. The fourth-order valence-corrected chi connectivity index (χ4v) is 1.98. The first-order valence-corrected chi connectivity index (χ1v) is 5.99.